The lowest BCUT2D eigenvalue weighted by molar-refractivity contribution is -0.139. The largest absolute Gasteiger partial charge is 0.497 e. The molecule has 1 saturated heterocycles. The SMILES string of the molecule is COc1ccc(/C=N\NC(=O)C(=O)NCCCN2CCOCC2)c(OC)c1. The maximum Gasteiger partial charge on any atom is 0.329 e. The highest BCUT2D eigenvalue weighted by Gasteiger charge is 2.13. The Balaban J connectivity index is 1.71. The summed E-state index contributed by atoms with van der Waals surface area (Å²) in [5, 5.41) is 6.38. The summed E-state index contributed by atoms with van der Waals surface area (Å²) in [6.07, 6.45) is 2.17. The van der Waals surface area contributed by atoms with Crippen molar-refractivity contribution in [2.45, 2.75) is 6.42 Å². The lowest BCUT2D eigenvalue weighted by Gasteiger charge is -2.26. The molecule has 1 aromatic carbocycles. The Bertz CT molecular complexity index is 659. The van der Waals surface area contributed by atoms with Gasteiger partial charge in [-0.2, -0.15) is 5.10 Å². The van der Waals surface area contributed by atoms with Gasteiger partial charge in [-0.25, -0.2) is 5.43 Å². The molecule has 1 aliphatic rings. The van der Waals surface area contributed by atoms with E-state index in [2.05, 4.69) is 20.7 Å². The fraction of sp³-hybridized carbons (Fsp3) is 0.500. The molecular formula is C18H26N4O5. The first-order valence-electron chi connectivity index (χ1n) is 8.77. The van der Waals surface area contributed by atoms with Crippen LogP contribution in [0.1, 0.15) is 12.0 Å². The van der Waals surface area contributed by atoms with E-state index in [1.165, 1.54) is 13.3 Å². The van der Waals surface area contributed by atoms with Crippen molar-refractivity contribution in [1.82, 2.24) is 15.6 Å². The molecule has 9 heteroatoms. The van der Waals surface area contributed by atoms with Crippen LogP contribution in [0.4, 0.5) is 0 Å². The minimum atomic E-state index is -0.815. The molecule has 1 aromatic rings. The van der Waals surface area contributed by atoms with Crippen LogP contribution >= 0.6 is 0 Å². The Morgan fingerprint density at radius 3 is 2.70 bits per heavy atom. The molecular weight excluding hydrogens is 352 g/mol. The van der Waals surface area contributed by atoms with Crippen molar-refractivity contribution in [1.29, 1.82) is 0 Å². The van der Waals surface area contributed by atoms with Gasteiger partial charge < -0.3 is 19.5 Å². The predicted molar refractivity (Wildman–Crippen MR) is 100 cm³/mol. The number of morpholine rings is 1. The number of nitrogens with one attached hydrogen (secondary N) is 2. The zero-order chi connectivity index (χ0) is 19.5. The van der Waals surface area contributed by atoms with E-state index in [0.29, 0.717) is 23.6 Å². The van der Waals surface area contributed by atoms with E-state index in [0.717, 1.165) is 39.3 Å². The maximum atomic E-state index is 11.8. The first kappa shape index (κ1) is 20.7. The van der Waals surface area contributed by atoms with Crippen LogP contribution in [0.5, 0.6) is 11.5 Å². The Morgan fingerprint density at radius 1 is 1.22 bits per heavy atom. The summed E-state index contributed by atoms with van der Waals surface area (Å²) in [6, 6.07) is 5.18. The lowest BCUT2D eigenvalue weighted by atomic mass is 10.2. The number of carbonyl (C=O) groups is 2. The average molecular weight is 378 g/mol. The first-order chi connectivity index (χ1) is 13.1. The third-order valence-electron chi connectivity index (χ3n) is 4.06. The van der Waals surface area contributed by atoms with Gasteiger partial charge in [0.25, 0.3) is 0 Å². The smallest absolute Gasteiger partial charge is 0.329 e. The molecule has 2 N–H and O–H groups in total. The highest BCUT2D eigenvalue weighted by molar-refractivity contribution is 6.35. The number of hydrogen-bond donors (Lipinski definition) is 2. The Labute approximate surface area is 158 Å². The van der Waals surface area contributed by atoms with Crippen molar-refractivity contribution in [3.63, 3.8) is 0 Å². The number of carbonyl (C=O) groups excluding carboxylic acids is 2. The molecule has 2 rings (SSSR count). The monoisotopic (exact) mass is 378 g/mol. The molecule has 148 valence electrons. The highest BCUT2D eigenvalue weighted by atomic mass is 16.5. The summed E-state index contributed by atoms with van der Waals surface area (Å²) in [5.41, 5.74) is 2.85. The van der Waals surface area contributed by atoms with Gasteiger partial charge in [0, 0.05) is 31.3 Å². The van der Waals surface area contributed by atoms with Gasteiger partial charge in [-0.3, -0.25) is 14.5 Å². The third kappa shape index (κ3) is 6.87. The molecule has 0 spiro atoms. The van der Waals surface area contributed by atoms with E-state index >= 15 is 0 Å². The van der Waals surface area contributed by atoms with Crippen molar-refractivity contribution in [2.24, 2.45) is 5.10 Å². The fourth-order valence-electron chi connectivity index (χ4n) is 2.55. The molecule has 0 unspecified atom stereocenters. The van der Waals surface area contributed by atoms with Gasteiger partial charge in [0.2, 0.25) is 0 Å². The number of amides is 2. The Hall–Kier alpha value is -2.65. The molecule has 0 aromatic heterocycles. The summed E-state index contributed by atoms with van der Waals surface area (Å²) >= 11 is 0. The quantitative estimate of drug-likeness (QED) is 0.286. The van der Waals surface area contributed by atoms with E-state index in [1.54, 1.807) is 25.3 Å². The van der Waals surface area contributed by atoms with Gasteiger partial charge in [-0.05, 0) is 25.1 Å². The lowest BCUT2D eigenvalue weighted by Crippen LogP contribution is -2.40. The molecule has 0 aliphatic carbocycles. The summed E-state index contributed by atoms with van der Waals surface area (Å²) < 4.78 is 15.6. The molecule has 0 radical (unpaired) electrons. The van der Waals surface area contributed by atoms with Crippen LogP contribution < -0.4 is 20.2 Å². The van der Waals surface area contributed by atoms with Crippen LogP contribution in [0.25, 0.3) is 0 Å². The van der Waals surface area contributed by atoms with Crippen molar-refractivity contribution in [2.75, 3.05) is 53.6 Å². The van der Waals surface area contributed by atoms with Gasteiger partial charge in [0.1, 0.15) is 11.5 Å². The van der Waals surface area contributed by atoms with Crippen LogP contribution in [0, 0.1) is 0 Å². The molecule has 9 nitrogen and oxygen atoms in total. The number of methoxy groups -OCH3 is 2. The van der Waals surface area contributed by atoms with Crippen molar-refractivity contribution >= 4 is 18.0 Å². The molecule has 1 heterocycles. The van der Waals surface area contributed by atoms with E-state index < -0.39 is 11.8 Å². The third-order valence-corrected chi connectivity index (χ3v) is 4.06. The predicted octanol–water partition coefficient (Wildman–Crippen LogP) is -0.00760. The zero-order valence-corrected chi connectivity index (χ0v) is 15.7. The average Bonchev–Trinajstić information content (AvgIpc) is 2.71. The second-order valence-corrected chi connectivity index (χ2v) is 5.87. The number of rotatable bonds is 8. The zero-order valence-electron chi connectivity index (χ0n) is 15.7. The molecule has 1 fully saturated rings. The van der Waals surface area contributed by atoms with Crippen molar-refractivity contribution < 1.29 is 23.8 Å². The van der Waals surface area contributed by atoms with Gasteiger partial charge in [0.05, 0.1) is 33.6 Å². The number of hydrazone groups is 1. The van der Waals surface area contributed by atoms with Crippen molar-refractivity contribution in [3.8, 4) is 11.5 Å². The summed E-state index contributed by atoms with van der Waals surface area (Å²) in [5.74, 6) is -0.342. The minimum Gasteiger partial charge on any atom is -0.497 e. The van der Waals surface area contributed by atoms with Crippen LogP contribution in [0.3, 0.4) is 0 Å². The van der Waals surface area contributed by atoms with E-state index in [1.807, 2.05) is 0 Å². The van der Waals surface area contributed by atoms with Crippen molar-refractivity contribution in [3.05, 3.63) is 23.8 Å². The van der Waals surface area contributed by atoms with E-state index in [9.17, 15) is 9.59 Å². The van der Waals surface area contributed by atoms with Gasteiger partial charge in [-0.1, -0.05) is 0 Å². The Morgan fingerprint density at radius 2 is 2.00 bits per heavy atom. The van der Waals surface area contributed by atoms with E-state index in [4.69, 9.17) is 14.2 Å². The normalized spacial score (nSPS) is 14.7. The number of ether oxygens (including phenoxy) is 3. The summed E-state index contributed by atoms with van der Waals surface area (Å²) in [6.45, 7) is 4.58. The first-order valence-corrected chi connectivity index (χ1v) is 8.77. The minimum absolute atomic E-state index is 0.430. The molecule has 0 atom stereocenters. The molecule has 1 aliphatic heterocycles. The molecule has 0 saturated carbocycles. The van der Waals surface area contributed by atoms with Crippen LogP contribution in [0.15, 0.2) is 23.3 Å². The maximum absolute atomic E-state index is 11.8. The standard InChI is InChI=1S/C18H26N4O5/c1-25-15-5-4-14(16(12-15)26-2)13-20-21-18(24)17(23)19-6-3-7-22-8-10-27-11-9-22/h4-5,12-13H,3,6-11H2,1-2H3,(H,19,23)(H,21,24)/b20-13-. The Kier molecular flexibility index (Phi) is 8.53. The number of benzene rings is 1. The molecule has 2 amide bonds. The number of hydrogen-bond acceptors (Lipinski definition) is 7. The van der Waals surface area contributed by atoms with Crippen LogP contribution in [-0.2, 0) is 14.3 Å². The van der Waals surface area contributed by atoms with Gasteiger partial charge >= 0.3 is 11.8 Å². The summed E-state index contributed by atoms with van der Waals surface area (Å²) in [4.78, 5) is 25.8. The fourth-order valence-corrected chi connectivity index (χ4v) is 2.55. The molecule has 27 heavy (non-hydrogen) atoms. The summed E-state index contributed by atoms with van der Waals surface area (Å²) in [7, 11) is 3.08. The second-order valence-electron chi connectivity index (χ2n) is 5.87. The number of nitrogens with zero attached hydrogens (tertiary/aromatic N) is 2. The topological polar surface area (TPSA) is 101 Å². The molecule has 0 bridgehead atoms. The van der Waals surface area contributed by atoms with Gasteiger partial charge in [0.15, 0.2) is 0 Å². The van der Waals surface area contributed by atoms with E-state index in [-0.39, 0.29) is 0 Å². The van der Waals surface area contributed by atoms with Gasteiger partial charge in [-0.15, -0.1) is 0 Å². The highest BCUT2D eigenvalue weighted by Crippen LogP contribution is 2.22. The second kappa shape index (κ2) is 11.1. The van der Waals surface area contributed by atoms with Crippen LogP contribution in [-0.4, -0.2) is 76.5 Å². The van der Waals surface area contributed by atoms with Crippen LogP contribution in [0.2, 0.25) is 0 Å².